The van der Waals surface area contributed by atoms with Gasteiger partial charge in [0, 0.05) is 42.4 Å². The van der Waals surface area contributed by atoms with Gasteiger partial charge in [-0.1, -0.05) is 6.07 Å². The molecule has 0 radical (unpaired) electrons. The van der Waals surface area contributed by atoms with Gasteiger partial charge in [0.15, 0.2) is 0 Å². The first kappa shape index (κ1) is 20.1. The van der Waals surface area contributed by atoms with Crippen molar-refractivity contribution in [2.24, 2.45) is 0 Å². The Morgan fingerprint density at radius 2 is 1.90 bits per heavy atom. The average Bonchev–Trinajstić information content (AvgIpc) is 2.77. The highest BCUT2D eigenvalue weighted by molar-refractivity contribution is 6.28. The summed E-state index contributed by atoms with van der Waals surface area (Å²) in [6, 6.07) is 10.9. The lowest BCUT2D eigenvalue weighted by Crippen LogP contribution is -2.36. The second-order valence-corrected chi connectivity index (χ2v) is 7.16. The summed E-state index contributed by atoms with van der Waals surface area (Å²) >= 11 is 5.85. The maximum absolute atomic E-state index is 12.8. The van der Waals surface area contributed by atoms with Gasteiger partial charge in [-0.05, 0) is 54.4 Å². The third-order valence-electron chi connectivity index (χ3n) is 4.73. The summed E-state index contributed by atoms with van der Waals surface area (Å²) in [6.45, 7) is 4.81. The molecule has 0 atom stereocenters. The number of amides is 1. The molecule has 1 amide bonds. The fourth-order valence-corrected chi connectivity index (χ4v) is 3.25. The lowest BCUT2D eigenvalue weighted by molar-refractivity contribution is 0.102. The molecule has 0 aliphatic carbocycles. The van der Waals surface area contributed by atoms with Crippen molar-refractivity contribution in [3.8, 4) is 0 Å². The number of morpholine rings is 1. The minimum Gasteiger partial charge on any atom is -0.378 e. The maximum atomic E-state index is 12.8. The van der Waals surface area contributed by atoms with E-state index >= 15 is 0 Å². The Balaban J connectivity index is 1.49. The number of nitrogens with zero attached hydrogens (tertiary/aromatic N) is 4. The van der Waals surface area contributed by atoms with Crippen molar-refractivity contribution in [1.82, 2.24) is 15.0 Å². The van der Waals surface area contributed by atoms with Crippen LogP contribution in [-0.2, 0) is 4.74 Å². The molecule has 8 nitrogen and oxygen atoms in total. The van der Waals surface area contributed by atoms with Crippen LogP contribution >= 0.6 is 11.6 Å². The second kappa shape index (κ2) is 9.06. The average molecular weight is 425 g/mol. The van der Waals surface area contributed by atoms with Crippen LogP contribution in [0, 0.1) is 6.92 Å². The first-order valence-corrected chi connectivity index (χ1v) is 9.92. The van der Waals surface area contributed by atoms with Gasteiger partial charge >= 0.3 is 0 Å². The van der Waals surface area contributed by atoms with Crippen molar-refractivity contribution >= 4 is 40.5 Å². The van der Waals surface area contributed by atoms with E-state index in [1.807, 2.05) is 25.1 Å². The van der Waals surface area contributed by atoms with Crippen LogP contribution in [0.25, 0.3) is 0 Å². The molecule has 0 bridgehead atoms. The summed E-state index contributed by atoms with van der Waals surface area (Å²) in [6.07, 6.45) is 3.23. The zero-order chi connectivity index (χ0) is 20.9. The lowest BCUT2D eigenvalue weighted by Gasteiger charge is -2.27. The first-order valence-electron chi connectivity index (χ1n) is 9.55. The number of ether oxygens (including phenoxy) is 1. The van der Waals surface area contributed by atoms with Crippen LogP contribution < -0.4 is 15.5 Å². The molecule has 9 heteroatoms. The molecule has 0 spiro atoms. The van der Waals surface area contributed by atoms with Crippen LogP contribution in [-0.4, -0.2) is 47.2 Å². The number of aryl methyl sites for hydroxylation is 1. The van der Waals surface area contributed by atoms with Crippen molar-refractivity contribution in [3.63, 3.8) is 0 Å². The van der Waals surface area contributed by atoms with Gasteiger partial charge in [0.2, 0.25) is 5.28 Å². The highest BCUT2D eigenvalue weighted by atomic mass is 35.5. The molecule has 1 aromatic carbocycles. The van der Waals surface area contributed by atoms with Crippen molar-refractivity contribution < 1.29 is 9.53 Å². The highest BCUT2D eigenvalue weighted by Crippen LogP contribution is 2.24. The van der Waals surface area contributed by atoms with Gasteiger partial charge in [0.25, 0.3) is 5.91 Å². The smallest absolute Gasteiger partial charge is 0.255 e. The monoisotopic (exact) mass is 424 g/mol. The molecule has 154 valence electrons. The van der Waals surface area contributed by atoms with E-state index < -0.39 is 0 Å². The van der Waals surface area contributed by atoms with Gasteiger partial charge in [-0.2, -0.15) is 0 Å². The molecule has 1 fully saturated rings. The molecular weight excluding hydrogens is 404 g/mol. The van der Waals surface area contributed by atoms with Gasteiger partial charge in [-0.25, -0.2) is 15.0 Å². The Kier molecular flexibility index (Phi) is 6.06. The molecular formula is C21H21ClN6O2. The number of rotatable bonds is 5. The van der Waals surface area contributed by atoms with E-state index in [2.05, 4.69) is 30.5 Å². The van der Waals surface area contributed by atoms with E-state index in [9.17, 15) is 4.79 Å². The summed E-state index contributed by atoms with van der Waals surface area (Å²) in [5, 5.41) is 6.31. The number of nitrogens with one attached hydrogen (secondary N) is 2. The maximum Gasteiger partial charge on any atom is 0.255 e. The molecule has 2 aromatic heterocycles. The Morgan fingerprint density at radius 3 is 2.70 bits per heavy atom. The van der Waals surface area contributed by atoms with Gasteiger partial charge in [0.05, 0.1) is 13.2 Å². The van der Waals surface area contributed by atoms with Gasteiger partial charge in [-0.15, -0.1) is 0 Å². The highest BCUT2D eigenvalue weighted by Gasteiger charge is 2.15. The predicted octanol–water partition coefficient (Wildman–Crippen LogP) is 3.67. The van der Waals surface area contributed by atoms with Crippen LogP contribution in [0.5, 0.6) is 0 Å². The number of anilines is 4. The van der Waals surface area contributed by atoms with E-state index in [0.29, 0.717) is 30.3 Å². The summed E-state index contributed by atoms with van der Waals surface area (Å²) < 4.78 is 5.38. The number of pyridine rings is 1. The van der Waals surface area contributed by atoms with Gasteiger partial charge < -0.3 is 20.3 Å². The number of halogens is 1. The summed E-state index contributed by atoms with van der Waals surface area (Å²) in [4.78, 5) is 27.3. The topological polar surface area (TPSA) is 92.3 Å². The molecule has 4 rings (SSSR count). The molecule has 1 saturated heterocycles. The van der Waals surface area contributed by atoms with Crippen LogP contribution in [0.1, 0.15) is 15.9 Å². The number of carbonyl (C=O) groups excluding carboxylic acids is 1. The lowest BCUT2D eigenvalue weighted by atomic mass is 10.1. The van der Waals surface area contributed by atoms with E-state index in [1.54, 1.807) is 30.6 Å². The normalized spacial score (nSPS) is 13.7. The molecule has 3 heterocycles. The Morgan fingerprint density at radius 1 is 1.10 bits per heavy atom. The zero-order valence-electron chi connectivity index (χ0n) is 16.4. The zero-order valence-corrected chi connectivity index (χ0v) is 17.2. The summed E-state index contributed by atoms with van der Waals surface area (Å²) in [5.41, 5.74) is 3.02. The van der Waals surface area contributed by atoms with Gasteiger partial charge in [0.1, 0.15) is 11.6 Å². The number of hydrogen-bond acceptors (Lipinski definition) is 7. The van der Waals surface area contributed by atoms with Crippen LogP contribution in [0.15, 0.2) is 48.8 Å². The van der Waals surface area contributed by atoms with Gasteiger partial charge in [-0.3, -0.25) is 4.79 Å². The fraction of sp³-hybridized carbons (Fsp3) is 0.238. The second-order valence-electron chi connectivity index (χ2n) is 6.82. The third-order valence-corrected chi connectivity index (χ3v) is 4.91. The van der Waals surface area contributed by atoms with Crippen molar-refractivity contribution in [2.45, 2.75) is 6.92 Å². The predicted molar refractivity (Wildman–Crippen MR) is 117 cm³/mol. The van der Waals surface area contributed by atoms with Crippen LogP contribution in [0.4, 0.5) is 23.0 Å². The minimum absolute atomic E-state index is 0.163. The molecule has 0 unspecified atom stereocenters. The SMILES string of the molecule is Cc1ccc(NC(=O)c2ccnc(N3CCOCC3)c2)cc1Nc1ccnc(Cl)n1. The van der Waals surface area contributed by atoms with Crippen LogP contribution in [0.3, 0.4) is 0 Å². The summed E-state index contributed by atoms with van der Waals surface area (Å²) in [5.74, 6) is 1.15. The third kappa shape index (κ3) is 4.84. The molecule has 0 saturated carbocycles. The number of aromatic nitrogens is 3. The van der Waals surface area contributed by atoms with Crippen LogP contribution in [0.2, 0.25) is 5.28 Å². The number of carbonyl (C=O) groups is 1. The number of hydrogen-bond donors (Lipinski definition) is 2. The molecule has 30 heavy (non-hydrogen) atoms. The molecule has 2 N–H and O–H groups in total. The molecule has 1 aliphatic heterocycles. The fourth-order valence-electron chi connectivity index (χ4n) is 3.11. The quantitative estimate of drug-likeness (QED) is 0.603. The largest absolute Gasteiger partial charge is 0.378 e. The van der Waals surface area contributed by atoms with Crippen molar-refractivity contribution in [1.29, 1.82) is 0 Å². The molecule has 3 aromatic rings. The van der Waals surface area contributed by atoms with E-state index in [1.165, 1.54) is 0 Å². The Labute approximate surface area is 179 Å². The first-order chi connectivity index (χ1) is 14.6. The molecule has 1 aliphatic rings. The van der Waals surface area contributed by atoms with Crippen molar-refractivity contribution in [2.75, 3.05) is 41.8 Å². The Bertz CT molecular complexity index is 1060. The number of benzene rings is 1. The summed E-state index contributed by atoms with van der Waals surface area (Å²) in [7, 11) is 0. The Hall–Kier alpha value is -3.23. The standard InChI is InChI=1S/C21H21ClN6O2/c1-14-2-3-16(13-17(14)26-18-5-7-24-21(22)27-18)25-20(29)15-4-6-23-19(12-15)28-8-10-30-11-9-28/h2-7,12-13H,8-11H2,1H3,(H,25,29)(H,24,26,27). The van der Waals surface area contributed by atoms with E-state index in [-0.39, 0.29) is 11.2 Å². The van der Waals surface area contributed by atoms with Crippen molar-refractivity contribution in [3.05, 3.63) is 65.2 Å². The van der Waals surface area contributed by atoms with E-state index in [4.69, 9.17) is 16.3 Å². The van der Waals surface area contributed by atoms with E-state index in [0.717, 1.165) is 30.2 Å². The minimum atomic E-state index is -0.202.